The predicted octanol–water partition coefficient (Wildman–Crippen LogP) is 8.89. The Balaban J connectivity index is 0.000000267. The number of alkyl halides is 10. The quantitative estimate of drug-likeness (QED) is 0.0992. The summed E-state index contributed by atoms with van der Waals surface area (Å²) in [5.41, 5.74) is 3.07. The first kappa shape index (κ1) is 56.1. The Morgan fingerprint density at radius 1 is 0.625 bits per heavy atom. The number of halogens is 14. The summed E-state index contributed by atoms with van der Waals surface area (Å²) >= 11 is 0. The van der Waals surface area contributed by atoms with Gasteiger partial charge >= 0.3 is 25.6 Å². The van der Waals surface area contributed by atoms with Gasteiger partial charge in [-0.3, -0.25) is 29.1 Å². The van der Waals surface area contributed by atoms with Crippen LogP contribution in [0.5, 0.6) is 11.5 Å². The van der Waals surface area contributed by atoms with Gasteiger partial charge in [0.15, 0.2) is 34.3 Å². The molecule has 6 rings (SSSR count). The maximum Gasteiger partial charge on any atom is 0.417 e. The van der Waals surface area contributed by atoms with Crippen LogP contribution in [0.3, 0.4) is 0 Å². The third kappa shape index (κ3) is 11.0. The number of hydrogen-bond donors (Lipinski definition) is 4. The number of nitrogens with two attached hydrogens (primary N) is 2. The van der Waals surface area contributed by atoms with Crippen LogP contribution in [0.2, 0.25) is 0 Å². The van der Waals surface area contributed by atoms with Crippen molar-refractivity contribution in [2.45, 2.75) is 102 Å². The molecule has 0 spiro atoms. The Hall–Kier alpha value is -6.84. The summed E-state index contributed by atoms with van der Waals surface area (Å²) in [6.45, 7) is -1.01. The van der Waals surface area contributed by atoms with E-state index < -0.39 is 142 Å². The van der Waals surface area contributed by atoms with Crippen molar-refractivity contribution in [3.05, 3.63) is 106 Å². The van der Waals surface area contributed by atoms with Crippen molar-refractivity contribution in [2.24, 2.45) is 23.3 Å². The number of aromatic nitrogens is 2. The Labute approximate surface area is 397 Å². The van der Waals surface area contributed by atoms with Crippen LogP contribution in [0.25, 0.3) is 0 Å². The van der Waals surface area contributed by atoms with Crippen molar-refractivity contribution >= 4 is 35.0 Å². The van der Waals surface area contributed by atoms with E-state index in [2.05, 4.69) is 30.1 Å². The second-order valence-electron chi connectivity index (χ2n) is 16.7. The number of anilines is 2. The van der Waals surface area contributed by atoms with Gasteiger partial charge in [0.25, 0.3) is 23.6 Å². The molecule has 72 heavy (non-hydrogen) atoms. The number of hydrogen-bond acceptors (Lipinski definition) is 10. The van der Waals surface area contributed by atoms with Gasteiger partial charge in [0.1, 0.15) is 23.6 Å². The molecule has 28 heteroatoms. The van der Waals surface area contributed by atoms with Crippen LogP contribution in [0, 0.1) is 49.0 Å². The smallest absolute Gasteiger partial charge is 0.417 e. The number of aryl methyl sites for hydroxylation is 2. The molecule has 0 unspecified atom stereocenters. The van der Waals surface area contributed by atoms with Crippen LogP contribution in [0.15, 0.2) is 48.8 Å². The maximum atomic E-state index is 14.4. The lowest BCUT2D eigenvalue weighted by Crippen LogP contribution is -2.47. The van der Waals surface area contributed by atoms with Gasteiger partial charge in [0.2, 0.25) is 11.6 Å². The molecule has 0 bridgehead atoms. The second-order valence-corrected chi connectivity index (χ2v) is 16.7. The van der Waals surface area contributed by atoms with Crippen LogP contribution < -0.4 is 31.6 Å². The Bertz CT molecular complexity index is 2560. The molecule has 2 aliphatic rings. The zero-order valence-electron chi connectivity index (χ0n) is 37.8. The minimum atomic E-state index is -5.05. The van der Waals surface area contributed by atoms with Crippen molar-refractivity contribution in [1.82, 2.24) is 9.97 Å². The molecule has 392 valence electrons. The molecule has 2 aromatic heterocycles. The zero-order valence-corrected chi connectivity index (χ0v) is 37.8. The highest BCUT2D eigenvalue weighted by Gasteiger charge is 2.67. The molecular formula is C44H40F14N6O8. The summed E-state index contributed by atoms with van der Waals surface area (Å²) in [6.07, 6.45) is -11.8. The fourth-order valence-corrected chi connectivity index (χ4v) is 8.08. The predicted molar refractivity (Wildman–Crippen MR) is 221 cm³/mol. The summed E-state index contributed by atoms with van der Waals surface area (Å²) in [7, 11) is 0. The van der Waals surface area contributed by atoms with E-state index in [4.69, 9.17) is 20.9 Å². The topological polar surface area (TPSA) is 207 Å². The fraction of sp³-hybridized carbons (Fsp3) is 0.409. The molecule has 4 aromatic rings. The number of rotatable bonds is 12. The molecule has 14 nitrogen and oxygen atoms in total. The van der Waals surface area contributed by atoms with Crippen molar-refractivity contribution in [1.29, 1.82) is 0 Å². The van der Waals surface area contributed by atoms with Gasteiger partial charge < -0.3 is 41.0 Å². The van der Waals surface area contributed by atoms with E-state index in [1.807, 2.05) is 0 Å². The summed E-state index contributed by atoms with van der Waals surface area (Å²) < 4.78 is 211. The van der Waals surface area contributed by atoms with Gasteiger partial charge in [-0.05, 0) is 63.1 Å². The number of amides is 4. The molecule has 2 saturated heterocycles. The van der Waals surface area contributed by atoms with Gasteiger partial charge in [-0.1, -0.05) is 26.0 Å². The summed E-state index contributed by atoms with van der Waals surface area (Å²) in [6, 6.07) is 4.70. The number of primary amides is 2. The Morgan fingerprint density at radius 3 is 1.22 bits per heavy atom. The highest BCUT2D eigenvalue weighted by Crippen LogP contribution is 2.57. The molecule has 6 N–H and O–H groups in total. The molecule has 0 saturated carbocycles. The molecule has 4 heterocycles. The Morgan fingerprint density at radius 2 is 0.944 bits per heavy atom. The first-order chi connectivity index (χ1) is 33.2. The van der Waals surface area contributed by atoms with E-state index in [-0.39, 0.29) is 22.8 Å². The van der Waals surface area contributed by atoms with Crippen molar-refractivity contribution in [3.63, 3.8) is 0 Å². The molecule has 2 aliphatic heterocycles. The number of carbonyl (C=O) groups is 4. The largest absolute Gasteiger partial charge is 0.431 e. The normalized spacial score (nSPS) is 24.1. The van der Waals surface area contributed by atoms with Crippen molar-refractivity contribution < 1.29 is 99.6 Å². The SMILES string of the molecule is Cc1cnc(C(N)=O)cc1NC(=O)[C@@H]1O[C@@](C)(C(F)(F)F)[C@@H](C)[C@H]1c1ccc(F)c(F)c1OC(F)F.Cc1cnc(C(N)=O)cc1NC(=O)[C@H]1O[C@](C)(C(F)(F)F)[C@H](C)[C@@H]1c1ccc(F)c(F)c1OC(F)F. The molecule has 2 fully saturated rings. The van der Waals surface area contributed by atoms with Crippen LogP contribution in [-0.4, -0.2) is 82.6 Å². The van der Waals surface area contributed by atoms with Gasteiger partial charge in [-0.2, -0.15) is 52.7 Å². The summed E-state index contributed by atoms with van der Waals surface area (Å²) in [5, 5.41) is 4.61. The van der Waals surface area contributed by atoms with E-state index in [0.29, 0.717) is 37.1 Å². The van der Waals surface area contributed by atoms with Crippen molar-refractivity contribution in [2.75, 3.05) is 10.6 Å². The van der Waals surface area contributed by atoms with Gasteiger partial charge in [-0.25, -0.2) is 8.78 Å². The lowest BCUT2D eigenvalue weighted by Gasteiger charge is -2.32. The van der Waals surface area contributed by atoms with Gasteiger partial charge in [-0.15, -0.1) is 0 Å². The minimum Gasteiger partial charge on any atom is -0.431 e. The highest BCUT2D eigenvalue weighted by molar-refractivity contribution is 5.99. The first-order valence-corrected chi connectivity index (χ1v) is 20.7. The standard InChI is InChI=1S/2C22H20F7N3O4/c2*1-8-7-31-13(18(30)33)6-12(8)32-19(34)17-14(9(2)21(3,36-17)22(27,28)29)10-4-5-11(23)15(24)16(10)35-20(25)26/h2*4-7,9,14,17,20H,1-3H3,(H2,30,33)(H,31,32,34)/t2*9-,14-,17+,21+/m10/s1. The first-order valence-electron chi connectivity index (χ1n) is 20.7. The average Bonchev–Trinajstić information content (AvgIpc) is 3.72. The average molecular weight is 1050 g/mol. The van der Waals surface area contributed by atoms with Gasteiger partial charge in [0.05, 0.1) is 0 Å². The molecule has 8 atom stereocenters. The monoisotopic (exact) mass is 1050 g/mol. The zero-order chi connectivity index (χ0) is 54.3. The number of nitrogens with zero attached hydrogens (tertiary/aromatic N) is 2. The summed E-state index contributed by atoms with van der Waals surface area (Å²) in [4.78, 5) is 56.7. The van der Waals surface area contributed by atoms with Gasteiger partial charge in [0, 0.05) is 58.6 Å². The molecule has 2 aromatic carbocycles. The van der Waals surface area contributed by atoms with Crippen LogP contribution in [0.4, 0.5) is 72.8 Å². The van der Waals surface area contributed by atoms with E-state index in [9.17, 15) is 80.6 Å². The fourth-order valence-electron chi connectivity index (χ4n) is 8.08. The molecule has 0 aliphatic carbocycles. The van der Waals surface area contributed by atoms with Crippen LogP contribution in [0.1, 0.15) is 82.8 Å². The second kappa shape index (κ2) is 20.7. The lowest BCUT2D eigenvalue weighted by molar-refractivity contribution is -0.272. The molecular weight excluding hydrogens is 1010 g/mol. The van der Waals surface area contributed by atoms with E-state index in [0.717, 1.165) is 38.1 Å². The third-order valence-corrected chi connectivity index (χ3v) is 12.4. The van der Waals surface area contributed by atoms with Crippen LogP contribution >= 0.6 is 0 Å². The maximum absolute atomic E-state index is 14.4. The number of carbonyl (C=O) groups excluding carboxylic acids is 4. The van der Waals surface area contributed by atoms with E-state index >= 15 is 0 Å². The lowest BCUT2D eigenvalue weighted by atomic mass is 9.77. The molecule has 0 radical (unpaired) electrons. The number of pyridine rings is 2. The van der Waals surface area contributed by atoms with Crippen molar-refractivity contribution in [3.8, 4) is 11.5 Å². The Kier molecular flexibility index (Phi) is 16.1. The summed E-state index contributed by atoms with van der Waals surface area (Å²) in [5.74, 6) is -20.6. The number of ether oxygens (including phenoxy) is 4. The molecule has 4 amide bonds. The third-order valence-electron chi connectivity index (χ3n) is 12.4. The number of benzene rings is 2. The number of nitrogens with one attached hydrogen (secondary N) is 2. The van der Waals surface area contributed by atoms with E-state index in [1.165, 1.54) is 26.2 Å². The minimum absolute atomic E-state index is 0.0474. The van der Waals surface area contributed by atoms with Crippen LogP contribution in [-0.2, 0) is 19.1 Å². The van der Waals surface area contributed by atoms with E-state index in [1.54, 1.807) is 0 Å². The highest BCUT2D eigenvalue weighted by atomic mass is 19.4.